The summed E-state index contributed by atoms with van der Waals surface area (Å²) in [7, 11) is -1.41. The van der Waals surface area contributed by atoms with Gasteiger partial charge in [-0.1, -0.05) is 6.42 Å². The molecule has 5 heteroatoms. The van der Waals surface area contributed by atoms with Crippen molar-refractivity contribution in [1.82, 2.24) is 0 Å². The van der Waals surface area contributed by atoms with Crippen LogP contribution in [0.3, 0.4) is 0 Å². The molecule has 2 atom stereocenters. The van der Waals surface area contributed by atoms with E-state index in [0.29, 0.717) is 6.42 Å². The molecule has 112 valence electrons. The highest BCUT2D eigenvalue weighted by Gasteiger charge is 2.31. The summed E-state index contributed by atoms with van der Waals surface area (Å²) in [5.41, 5.74) is 1.95. The molecule has 1 aromatic carbocycles. The van der Waals surface area contributed by atoms with Gasteiger partial charge in [0, 0.05) is 0 Å². The van der Waals surface area contributed by atoms with E-state index in [-0.39, 0.29) is 11.7 Å². The Kier molecular flexibility index (Phi) is 4.49. The first-order chi connectivity index (χ1) is 9.31. The van der Waals surface area contributed by atoms with Crippen LogP contribution in [-0.2, 0) is 17.4 Å². The van der Waals surface area contributed by atoms with Gasteiger partial charge in [0.25, 0.3) is 0 Å². The quantitative estimate of drug-likeness (QED) is 0.842. The van der Waals surface area contributed by atoms with Crippen LogP contribution >= 0.6 is 0 Å². The average molecular weight is 299 g/mol. The highest BCUT2D eigenvalue weighted by Crippen LogP contribution is 2.39. The van der Waals surface area contributed by atoms with Crippen molar-refractivity contribution in [3.63, 3.8) is 0 Å². The monoisotopic (exact) mass is 299 g/mol. The Morgan fingerprint density at radius 3 is 2.80 bits per heavy atom. The summed E-state index contributed by atoms with van der Waals surface area (Å²) in [4.78, 5) is 0. The Morgan fingerprint density at radius 2 is 2.15 bits per heavy atom. The van der Waals surface area contributed by atoms with Crippen LogP contribution in [0.2, 0.25) is 0 Å². The van der Waals surface area contributed by atoms with Crippen LogP contribution in [0.25, 0.3) is 0 Å². The molecule has 0 spiro atoms. The van der Waals surface area contributed by atoms with Crippen LogP contribution in [0.1, 0.15) is 56.6 Å². The first-order valence-electron chi connectivity index (χ1n) is 6.99. The predicted molar refractivity (Wildman–Crippen MR) is 79.4 cm³/mol. The van der Waals surface area contributed by atoms with Gasteiger partial charge in [0.15, 0.2) is 11.6 Å². The smallest absolute Gasteiger partial charge is 0.165 e. The first-order valence-corrected chi connectivity index (χ1v) is 8.20. The molecule has 0 saturated carbocycles. The third-order valence-corrected chi connectivity index (χ3v) is 5.44. The van der Waals surface area contributed by atoms with Crippen molar-refractivity contribution in [2.24, 2.45) is 5.14 Å². The molecule has 1 aliphatic carbocycles. The molecule has 1 aromatic rings. The molecule has 1 unspecified atom stereocenters. The maximum absolute atomic E-state index is 13.7. The fourth-order valence-corrected chi connectivity index (χ4v) is 3.33. The van der Waals surface area contributed by atoms with Gasteiger partial charge in [0.1, 0.15) is 0 Å². The molecule has 0 radical (unpaired) electrons. The number of phenolic OH excluding ortho intramolecular Hbond substituents is 1. The van der Waals surface area contributed by atoms with Crippen molar-refractivity contribution in [1.29, 1.82) is 0 Å². The largest absolute Gasteiger partial charge is 0.505 e. The van der Waals surface area contributed by atoms with E-state index in [0.717, 1.165) is 36.8 Å². The van der Waals surface area contributed by atoms with Gasteiger partial charge in [0.2, 0.25) is 0 Å². The lowest BCUT2D eigenvalue weighted by atomic mass is 9.85. The molecule has 0 bridgehead atoms. The maximum atomic E-state index is 13.7. The van der Waals surface area contributed by atoms with Gasteiger partial charge in [-0.05, 0) is 68.7 Å². The second-order valence-corrected chi connectivity index (χ2v) is 7.91. The van der Waals surface area contributed by atoms with Gasteiger partial charge < -0.3 is 5.11 Å². The molecule has 3 N–H and O–H groups in total. The molecule has 3 nitrogen and oxygen atoms in total. The van der Waals surface area contributed by atoms with E-state index in [9.17, 15) is 13.7 Å². The zero-order valence-corrected chi connectivity index (χ0v) is 12.8. The van der Waals surface area contributed by atoms with Crippen molar-refractivity contribution in [2.75, 3.05) is 0 Å². The molecule has 0 aliphatic heterocycles. The zero-order chi connectivity index (χ0) is 14.9. The van der Waals surface area contributed by atoms with Crippen LogP contribution in [0, 0.1) is 5.82 Å². The van der Waals surface area contributed by atoms with E-state index < -0.39 is 21.5 Å². The molecular formula is C15H22FNO2S. The second-order valence-electron chi connectivity index (χ2n) is 6.21. The van der Waals surface area contributed by atoms with Gasteiger partial charge in [-0.25, -0.2) is 8.60 Å². The predicted octanol–water partition coefficient (Wildman–Crippen LogP) is 3.13. The number of fused-ring (bicyclic) bond motifs is 1. The van der Waals surface area contributed by atoms with E-state index in [4.69, 9.17) is 5.14 Å². The molecule has 0 aromatic heterocycles. The molecule has 0 heterocycles. The summed E-state index contributed by atoms with van der Waals surface area (Å²) in [6.07, 6.45) is 4.53. The summed E-state index contributed by atoms with van der Waals surface area (Å²) in [5.74, 6) is -0.724. The van der Waals surface area contributed by atoms with Crippen molar-refractivity contribution in [3.8, 4) is 5.75 Å². The summed E-state index contributed by atoms with van der Waals surface area (Å²) in [5, 5.41) is 15.1. The highest BCUT2D eigenvalue weighted by atomic mass is 32.2. The summed E-state index contributed by atoms with van der Waals surface area (Å²) in [6, 6.07) is 2.98. The number of aryl methyl sites for hydroxylation is 1. The van der Waals surface area contributed by atoms with Gasteiger partial charge >= 0.3 is 0 Å². The Labute approximate surface area is 122 Å². The van der Waals surface area contributed by atoms with Crippen molar-refractivity contribution in [2.45, 2.75) is 56.6 Å². The first kappa shape index (κ1) is 15.4. The Hall–Kier alpha value is -0.940. The third-order valence-electron chi connectivity index (χ3n) is 4.18. The molecule has 2 rings (SSSR count). The van der Waals surface area contributed by atoms with Crippen LogP contribution in [0.4, 0.5) is 4.39 Å². The number of rotatable bonds is 3. The number of aromatic hydroxyl groups is 1. The van der Waals surface area contributed by atoms with E-state index in [1.165, 1.54) is 12.1 Å². The molecule has 1 aliphatic rings. The SMILES string of the molecule is CC(C)(C[C@H]1CCCCc2cc(O)c(F)cc21)S(N)=O. The fraction of sp³-hybridized carbons (Fsp3) is 0.600. The third kappa shape index (κ3) is 3.20. The van der Waals surface area contributed by atoms with E-state index in [1.54, 1.807) is 0 Å². The molecule has 20 heavy (non-hydrogen) atoms. The average Bonchev–Trinajstić information content (AvgIpc) is 2.53. The number of nitrogens with two attached hydrogens (primary N) is 1. The van der Waals surface area contributed by atoms with E-state index in [1.807, 2.05) is 13.8 Å². The lowest BCUT2D eigenvalue weighted by molar-refractivity contribution is 0.429. The highest BCUT2D eigenvalue weighted by molar-refractivity contribution is 7.84. The number of hydrogen-bond acceptors (Lipinski definition) is 2. The minimum atomic E-state index is -1.41. The van der Waals surface area contributed by atoms with Gasteiger partial charge in [-0.15, -0.1) is 0 Å². The van der Waals surface area contributed by atoms with Crippen LogP contribution in [0.15, 0.2) is 12.1 Å². The molecule has 0 saturated heterocycles. The number of benzene rings is 1. The van der Waals surface area contributed by atoms with Gasteiger partial charge in [-0.2, -0.15) is 0 Å². The Balaban J connectivity index is 2.37. The van der Waals surface area contributed by atoms with Crippen LogP contribution < -0.4 is 5.14 Å². The molecular weight excluding hydrogens is 277 g/mol. The van der Waals surface area contributed by atoms with Crippen molar-refractivity contribution < 1.29 is 13.7 Å². The van der Waals surface area contributed by atoms with Gasteiger partial charge in [0.05, 0.1) is 15.7 Å². The van der Waals surface area contributed by atoms with Crippen molar-refractivity contribution in [3.05, 3.63) is 29.1 Å². The number of phenols is 1. The lowest BCUT2D eigenvalue weighted by Crippen LogP contribution is -2.33. The molecule has 0 amide bonds. The topological polar surface area (TPSA) is 63.3 Å². The van der Waals surface area contributed by atoms with Gasteiger partial charge in [-0.3, -0.25) is 5.14 Å². The Morgan fingerprint density at radius 1 is 1.45 bits per heavy atom. The second kappa shape index (κ2) is 5.82. The minimum absolute atomic E-state index is 0.144. The van der Waals surface area contributed by atoms with Crippen LogP contribution in [-0.4, -0.2) is 14.1 Å². The summed E-state index contributed by atoms with van der Waals surface area (Å²) >= 11 is 0. The number of hydrogen-bond donors (Lipinski definition) is 2. The van der Waals surface area contributed by atoms with Crippen LogP contribution in [0.5, 0.6) is 5.75 Å². The standard InChI is InChI=1S/C15H22FNO2S/c1-15(2,20(17)19)9-11-6-4-3-5-10-7-14(18)13(16)8-12(10)11/h7-8,11,18H,3-6,9,17H2,1-2H3/t11-,20?/m1/s1. The zero-order valence-electron chi connectivity index (χ0n) is 12.0. The lowest BCUT2D eigenvalue weighted by Gasteiger charge is -2.28. The van der Waals surface area contributed by atoms with E-state index in [2.05, 4.69) is 0 Å². The molecule has 0 fully saturated rings. The number of halogens is 1. The summed E-state index contributed by atoms with van der Waals surface area (Å²) in [6.45, 7) is 3.76. The van der Waals surface area contributed by atoms with Crippen molar-refractivity contribution >= 4 is 11.0 Å². The fourth-order valence-electron chi connectivity index (χ4n) is 2.97. The van der Waals surface area contributed by atoms with E-state index >= 15 is 0 Å². The minimum Gasteiger partial charge on any atom is -0.505 e. The summed E-state index contributed by atoms with van der Waals surface area (Å²) < 4.78 is 24.8. The maximum Gasteiger partial charge on any atom is 0.165 e. The normalized spacial score (nSPS) is 21.1. The Bertz CT molecular complexity index is 531.